The van der Waals surface area contributed by atoms with Crippen LogP contribution in [0.2, 0.25) is 0 Å². The summed E-state index contributed by atoms with van der Waals surface area (Å²) in [5, 5.41) is 0. The molecular weight excluding hydrogens is 350 g/mol. The van der Waals surface area contributed by atoms with Gasteiger partial charge in [0.2, 0.25) is 10.0 Å². The summed E-state index contributed by atoms with van der Waals surface area (Å²) < 4.78 is 38.0. The Balaban J connectivity index is 1.97. The summed E-state index contributed by atoms with van der Waals surface area (Å²) in [5.41, 5.74) is 2.11. The van der Waals surface area contributed by atoms with Crippen LogP contribution in [0.4, 0.5) is 0 Å². The second-order valence-electron chi connectivity index (χ2n) is 6.58. The van der Waals surface area contributed by atoms with Crippen LogP contribution in [0.5, 0.6) is 11.5 Å². The summed E-state index contributed by atoms with van der Waals surface area (Å²) in [6.45, 7) is 4.59. The van der Waals surface area contributed by atoms with Crippen molar-refractivity contribution in [3.63, 3.8) is 0 Å². The van der Waals surface area contributed by atoms with Crippen molar-refractivity contribution in [1.29, 1.82) is 0 Å². The smallest absolute Gasteiger partial charge is 0.240 e. The van der Waals surface area contributed by atoms with Gasteiger partial charge in [0, 0.05) is 6.54 Å². The fourth-order valence-corrected chi connectivity index (χ4v) is 3.76. The first-order valence-electron chi connectivity index (χ1n) is 8.65. The van der Waals surface area contributed by atoms with E-state index in [0.29, 0.717) is 30.4 Å². The van der Waals surface area contributed by atoms with E-state index in [0.717, 1.165) is 17.5 Å². The molecule has 0 amide bonds. The van der Waals surface area contributed by atoms with Crippen molar-refractivity contribution in [3.8, 4) is 11.5 Å². The highest BCUT2D eigenvalue weighted by molar-refractivity contribution is 7.89. The van der Waals surface area contributed by atoms with Crippen LogP contribution in [-0.2, 0) is 22.9 Å². The molecule has 0 saturated carbocycles. The molecular formula is C20H27NO4S. The highest BCUT2D eigenvalue weighted by atomic mass is 32.2. The number of hydrogen-bond donors (Lipinski definition) is 1. The first-order valence-corrected chi connectivity index (χ1v) is 10.1. The molecule has 26 heavy (non-hydrogen) atoms. The zero-order valence-corrected chi connectivity index (χ0v) is 16.6. The molecule has 0 bridgehead atoms. The maximum atomic E-state index is 12.4. The van der Waals surface area contributed by atoms with E-state index in [2.05, 4.69) is 18.6 Å². The lowest BCUT2D eigenvalue weighted by Crippen LogP contribution is -2.26. The van der Waals surface area contributed by atoms with Gasteiger partial charge in [-0.25, -0.2) is 13.1 Å². The SMILES string of the molecule is COc1ccc(CCNS(=O)(=O)c2ccc(CC(C)C)cc2)cc1OC. The predicted molar refractivity (Wildman–Crippen MR) is 103 cm³/mol. The third-order valence-corrected chi connectivity index (χ3v) is 5.51. The molecule has 2 aromatic carbocycles. The van der Waals surface area contributed by atoms with Gasteiger partial charge < -0.3 is 9.47 Å². The zero-order valence-electron chi connectivity index (χ0n) is 15.8. The highest BCUT2D eigenvalue weighted by Gasteiger charge is 2.14. The fourth-order valence-electron chi connectivity index (χ4n) is 2.73. The summed E-state index contributed by atoms with van der Waals surface area (Å²) in [5.74, 6) is 1.82. The molecule has 5 nitrogen and oxygen atoms in total. The van der Waals surface area contributed by atoms with E-state index in [9.17, 15) is 8.42 Å². The molecule has 0 fully saturated rings. The third kappa shape index (κ3) is 5.47. The number of ether oxygens (including phenoxy) is 2. The lowest BCUT2D eigenvalue weighted by molar-refractivity contribution is 0.354. The molecule has 2 aromatic rings. The van der Waals surface area contributed by atoms with Crippen molar-refractivity contribution in [2.45, 2.75) is 31.6 Å². The summed E-state index contributed by atoms with van der Waals surface area (Å²) in [6.07, 6.45) is 1.50. The van der Waals surface area contributed by atoms with Gasteiger partial charge in [0.1, 0.15) is 0 Å². The molecule has 0 aliphatic heterocycles. The summed E-state index contributed by atoms with van der Waals surface area (Å²) in [4.78, 5) is 0.289. The number of benzene rings is 2. The quantitative estimate of drug-likeness (QED) is 0.727. The van der Waals surface area contributed by atoms with E-state index < -0.39 is 10.0 Å². The second-order valence-corrected chi connectivity index (χ2v) is 8.35. The molecule has 2 rings (SSSR count). The minimum atomic E-state index is -3.51. The van der Waals surface area contributed by atoms with Gasteiger partial charge in [0.05, 0.1) is 19.1 Å². The van der Waals surface area contributed by atoms with Gasteiger partial charge in [-0.05, 0) is 54.2 Å². The van der Waals surface area contributed by atoms with Crippen molar-refractivity contribution in [2.75, 3.05) is 20.8 Å². The standard InChI is InChI=1S/C20H27NO4S/c1-15(2)13-16-5-8-18(9-6-16)26(22,23)21-12-11-17-7-10-19(24-3)20(14-17)25-4/h5-10,14-15,21H,11-13H2,1-4H3. The second kappa shape index (κ2) is 9.05. The molecule has 0 aromatic heterocycles. The van der Waals surface area contributed by atoms with Gasteiger partial charge in [-0.2, -0.15) is 0 Å². The molecule has 0 aliphatic carbocycles. The molecule has 0 atom stereocenters. The van der Waals surface area contributed by atoms with Crippen molar-refractivity contribution in [3.05, 3.63) is 53.6 Å². The Morgan fingerprint density at radius 1 is 0.923 bits per heavy atom. The zero-order chi connectivity index (χ0) is 19.2. The molecule has 1 N–H and O–H groups in total. The third-order valence-electron chi connectivity index (χ3n) is 4.03. The number of rotatable bonds is 9. The maximum absolute atomic E-state index is 12.4. The van der Waals surface area contributed by atoms with Crippen LogP contribution < -0.4 is 14.2 Å². The van der Waals surface area contributed by atoms with Crippen molar-refractivity contribution < 1.29 is 17.9 Å². The van der Waals surface area contributed by atoms with Crippen LogP contribution in [0.1, 0.15) is 25.0 Å². The van der Waals surface area contributed by atoms with Gasteiger partial charge in [-0.15, -0.1) is 0 Å². The topological polar surface area (TPSA) is 64.6 Å². The molecule has 0 heterocycles. The van der Waals surface area contributed by atoms with Crippen molar-refractivity contribution >= 4 is 10.0 Å². The van der Waals surface area contributed by atoms with Gasteiger partial charge in [-0.3, -0.25) is 0 Å². The van der Waals surface area contributed by atoms with Gasteiger partial charge in [0.15, 0.2) is 11.5 Å². The van der Waals surface area contributed by atoms with E-state index in [1.807, 2.05) is 30.3 Å². The van der Waals surface area contributed by atoms with Gasteiger partial charge >= 0.3 is 0 Å². The Morgan fingerprint density at radius 2 is 1.54 bits per heavy atom. The summed E-state index contributed by atoms with van der Waals surface area (Å²) in [6, 6.07) is 12.7. The van der Waals surface area contributed by atoms with E-state index >= 15 is 0 Å². The lowest BCUT2D eigenvalue weighted by Gasteiger charge is -2.11. The molecule has 0 spiro atoms. The van der Waals surface area contributed by atoms with Crippen LogP contribution in [0, 0.1) is 5.92 Å². The molecule has 6 heteroatoms. The number of sulfonamides is 1. The van der Waals surface area contributed by atoms with E-state index in [1.165, 1.54) is 0 Å². The normalized spacial score (nSPS) is 11.6. The molecule has 142 valence electrons. The van der Waals surface area contributed by atoms with Crippen LogP contribution in [0.15, 0.2) is 47.4 Å². The minimum Gasteiger partial charge on any atom is -0.493 e. The van der Waals surface area contributed by atoms with Crippen LogP contribution in [0.25, 0.3) is 0 Å². The van der Waals surface area contributed by atoms with Crippen LogP contribution in [-0.4, -0.2) is 29.2 Å². The Labute approximate surface area is 156 Å². The average Bonchev–Trinajstić information content (AvgIpc) is 2.61. The van der Waals surface area contributed by atoms with Crippen molar-refractivity contribution in [2.24, 2.45) is 5.92 Å². The van der Waals surface area contributed by atoms with Gasteiger partial charge in [0.25, 0.3) is 0 Å². The van der Waals surface area contributed by atoms with Crippen LogP contribution in [0.3, 0.4) is 0 Å². The molecule has 0 radical (unpaired) electrons. The van der Waals surface area contributed by atoms with Crippen LogP contribution >= 0.6 is 0 Å². The largest absolute Gasteiger partial charge is 0.493 e. The first-order chi connectivity index (χ1) is 12.4. The van der Waals surface area contributed by atoms with E-state index in [-0.39, 0.29) is 4.90 Å². The Kier molecular flexibility index (Phi) is 7.06. The number of nitrogens with one attached hydrogen (secondary N) is 1. The molecule has 0 aliphatic rings. The summed E-state index contributed by atoms with van der Waals surface area (Å²) in [7, 11) is -0.352. The lowest BCUT2D eigenvalue weighted by atomic mass is 10.0. The Morgan fingerprint density at radius 3 is 2.12 bits per heavy atom. The Hall–Kier alpha value is -2.05. The molecule has 0 unspecified atom stereocenters. The first kappa shape index (κ1) is 20.3. The van der Waals surface area contributed by atoms with E-state index in [4.69, 9.17) is 9.47 Å². The predicted octanol–water partition coefficient (Wildman–Crippen LogP) is 3.42. The van der Waals surface area contributed by atoms with Gasteiger partial charge in [-0.1, -0.05) is 32.0 Å². The van der Waals surface area contributed by atoms with E-state index in [1.54, 1.807) is 26.4 Å². The monoisotopic (exact) mass is 377 g/mol. The Bertz CT molecular complexity index is 814. The fraction of sp³-hybridized carbons (Fsp3) is 0.400. The number of hydrogen-bond acceptors (Lipinski definition) is 4. The summed E-state index contributed by atoms with van der Waals surface area (Å²) >= 11 is 0. The number of methoxy groups -OCH3 is 2. The minimum absolute atomic E-state index is 0.289. The highest BCUT2D eigenvalue weighted by Crippen LogP contribution is 2.27. The molecule has 0 saturated heterocycles. The maximum Gasteiger partial charge on any atom is 0.240 e. The van der Waals surface area contributed by atoms with Crippen molar-refractivity contribution in [1.82, 2.24) is 4.72 Å². The average molecular weight is 378 g/mol.